The number of nitrogens with zero attached hydrogens (tertiary/aromatic N) is 1. The molecule has 1 aliphatic rings. The van der Waals surface area contributed by atoms with Crippen molar-refractivity contribution in [1.29, 1.82) is 0 Å². The first-order valence-corrected chi connectivity index (χ1v) is 7.85. The Morgan fingerprint density at radius 3 is 2.74 bits per heavy atom. The molecule has 0 atom stereocenters. The van der Waals surface area contributed by atoms with Crippen LogP contribution in [0.25, 0.3) is 10.9 Å². The van der Waals surface area contributed by atoms with Gasteiger partial charge in [0.2, 0.25) is 0 Å². The Balaban J connectivity index is 1.56. The van der Waals surface area contributed by atoms with Gasteiger partial charge in [0.05, 0.1) is 5.52 Å². The Kier molecular flexibility index (Phi) is 3.67. The van der Waals surface area contributed by atoms with Crippen LogP contribution in [-0.4, -0.2) is 18.2 Å². The zero-order chi connectivity index (χ0) is 15.6. The number of rotatable bonds is 3. The molecule has 4 nitrogen and oxygen atoms in total. The molecule has 0 unspecified atom stereocenters. The third-order valence-corrected chi connectivity index (χ3v) is 4.10. The van der Waals surface area contributed by atoms with E-state index in [1.54, 1.807) is 0 Å². The summed E-state index contributed by atoms with van der Waals surface area (Å²) in [6.45, 7) is 1.77. The predicted octanol–water partition coefficient (Wildman–Crippen LogP) is 4.27. The Morgan fingerprint density at radius 2 is 1.83 bits per heavy atom. The van der Waals surface area contributed by atoms with Crippen LogP contribution in [0.2, 0.25) is 5.15 Å². The van der Waals surface area contributed by atoms with Gasteiger partial charge in [-0.05, 0) is 24.3 Å². The molecule has 1 aromatic heterocycles. The minimum Gasteiger partial charge on any atom is -0.486 e. The molecule has 0 saturated carbocycles. The monoisotopic (exact) mass is 326 g/mol. The maximum absolute atomic E-state index is 6.29. The summed E-state index contributed by atoms with van der Waals surface area (Å²) < 4.78 is 11.1. The van der Waals surface area contributed by atoms with E-state index in [0.29, 0.717) is 24.9 Å². The van der Waals surface area contributed by atoms with Gasteiger partial charge in [0.25, 0.3) is 0 Å². The van der Waals surface area contributed by atoms with E-state index in [1.807, 2.05) is 42.5 Å². The number of hydrogen-bond donors (Lipinski definition) is 1. The molecule has 5 heteroatoms. The fourth-order valence-electron chi connectivity index (χ4n) is 2.61. The van der Waals surface area contributed by atoms with Crippen LogP contribution >= 0.6 is 11.6 Å². The molecular formula is C18H15ClN2O2. The summed E-state index contributed by atoms with van der Waals surface area (Å²) in [5.41, 5.74) is 2.82. The zero-order valence-corrected chi connectivity index (χ0v) is 13.1. The molecule has 4 rings (SSSR count). The summed E-state index contributed by atoms with van der Waals surface area (Å²) in [6.07, 6.45) is 0. The Bertz CT molecular complexity index is 867. The fourth-order valence-corrected chi connectivity index (χ4v) is 2.82. The zero-order valence-electron chi connectivity index (χ0n) is 12.4. The summed E-state index contributed by atoms with van der Waals surface area (Å²) in [5, 5.41) is 4.96. The first-order chi connectivity index (χ1) is 11.3. The molecule has 2 aromatic carbocycles. The number of benzene rings is 2. The minimum atomic E-state index is 0.522. The predicted molar refractivity (Wildman–Crippen MR) is 91.5 cm³/mol. The number of pyridine rings is 1. The lowest BCUT2D eigenvalue weighted by Crippen LogP contribution is -2.15. The number of aromatic nitrogens is 1. The Labute approximate surface area is 139 Å². The molecule has 2 heterocycles. The topological polar surface area (TPSA) is 43.4 Å². The summed E-state index contributed by atoms with van der Waals surface area (Å²) in [7, 11) is 0. The first kappa shape index (κ1) is 14.2. The van der Waals surface area contributed by atoms with E-state index in [-0.39, 0.29) is 0 Å². The number of hydrogen-bond acceptors (Lipinski definition) is 4. The average Bonchev–Trinajstić information content (AvgIpc) is 2.59. The molecular weight excluding hydrogens is 312 g/mol. The summed E-state index contributed by atoms with van der Waals surface area (Å²) in [4.78, 5) is 4.44. The maximum atomic E-state index is 6.29. The number of para-hydroxylation sites is 1. The van der Waals surface area contributed by atoms with E-state index in [1.165, 1.54) is 0 Å². The average molecular weight is 327 g/mol. The second-order valence-corrected chi connectivity index (χ2v) is 5.70. The molecule has 1 N–H and O–H groups in total. The standard InChI is InChI=1S/C18H15ClN2O2/c19-18-13(9-12-3-1-2-4-15(12)21-18)11-20-14-5-6-16-17(10-14)23-8-7-22-16/h1-6,9-10,20H,7-8,11H2. The molecule has 0 saturated heterocycles. The van der Waals surface area contributed by atoms with Crippen LogP contribution in [-0.2, 0) is 6.54 Å². The van der Waals surface area contributed by atoms with Gasteiger partial charge in [-0.1, -0.05) is 29.8 Å². The van der Waals surface area contributed by atoms with Gasteiger partial charge in [-0.2, -0.15) is 0 Å². The van der Waals surface area contributed by atoms with Gasteiger partial charge in [-0.25, -0.2) is 4.98 Å². The molecule has 0 bridgehead atoms. The number of ether oxygens (including phenoxy) is 2. The normalized spacial score (nSPS) is 13.1. The SMILES string of the molecule is Clc1nc2ccccc2cc1CNc1ccc2c(c1)OCCO2. The van der Waals surface area contributed by atoms with Gasteiger partial charge in [0.1, 0.15) is 18.4 Å². The summed E-state index contributed by atoms with van der Waals surface area (Å²) in [5.74, 6) is 1.55. The van der Waals surface area contributed by atoms with E-state index >= 15 is 0 Å². The van der Waals surface area contributed by atoms with Crippen molar-refractivity contribution >= 4 is 28.2 Å². The van der Waals surface area contributed by atoms with Crippen LogP contribution in [0.4, 0.5) is 5.69 Å². The minimum absolute atomic E-state index is 0.522. The highest BCUT2D eigenvalue weighted by molar-refractivity contribution is 6.30. The molecule has 0 aliphatic carbocycles. The van der Waals surface area contributed by atoms with Gasteiger partial charge in [0.15, 0.2) is 11.5 Å². The second kappa shape index (κ2) is 5.97. The van der Waals surface area contributed by atoms with Crippen LogP contribution < -0.4 is 14.8 Å². The van der Waals surface area contributed by atoms with Crippen molar-refractivity contribution in [2.24, 2.45) is 0 Å². The molecule has 1 aliphatic heterocycles. The number of halogens is 1. The first-order valence-electron chi connectivity index (χ1n) is 7.47. The molecule has 0 spiro atoms. The lowest BCUT2D eigenvalue weighted by atomic mass is 10.1. The van der Waals surface area contributed by atoms with E-state index in [2.05, 4.69) is 16.4 Å². The van der Waals surface area contributed by atoms with Gasteiger partial charge in [-0.3, -0.25) is 0 Å². The van der Waals surface area contributed by atoms with Crippen LogP contribution in [0.5, 0.6) is 11.5 Å². The third kappa shape index (κ3) is 2.90. The van der Waals surface area contributed by atoms with Crippen molar-refractivity contribution in [3.63, 3.8) is 0 Å². The van der Waals surface area contributed by atoms with E-state index in [0.717, 1.165) is 33.7 Å². The number of anilines is 1. The van der Waals surface area contributed by atoms with Crippen LogP contribution in [0, 0.1) is 0 Å². The highest BCUT2D eigenvalue weighted by atomic mass is 35.5. The van der Waals surface area contributed by atoms with Crippen molar-refractivity contribution in [3.05, 3.63) is 59.2 Å². The number of nitrogens with one attached hydrogen (secondary N) is 1. The summed E-state index contributed by atoms with van der Waals surface area (Å²) in [6, 6.07) is 15.8. The lowest BCUT2D eigenvalue weighted by Gasteiger charge is -2.19. The summed E-state index contributed by atoms with van der Waals surface area (Å²) >= 11 is 6.29. The quantitative estimate of drug-likeness (QED) is 0.730. The lowest BCUT2D eigenvalue weighted by molar-refractivity contribution is 0.171. The van der Waals surface area contributed by atoms with E-state index in [4.69, 9.17) is 21.1 Å². The largest absolute Gasteiger partial charge is 0.486 e. The van der Waals surface area contributed by atoms with Crippen molar-refractivity contribution < 1.29 is 9.47 Å². The molecule has 23 heavy (non-hydrogen) atoms. The Morgan fingerprint density at radius 1 is 1.00 bits per heavy atom. The van der Waals surface area contributed by atoms with E-state index < -0.39 is 0 Å². The second-order valence-electron chi connectivity index (χ2n) is 5.34. The van der Waals surface area contributed by atoms with Gasteiger partial charge >= 0.3 is 0 Å². The van der Waals surface area contributed by atoms with Crippen molar-refractivity contribution in [2.45, 2.75) is 6.54 Å². The van der Waals surface area contributed by atoms with Crippen LogP contribution in [0.3, 0.4) is 0 Å². The van der Waals surface area contributed by atoms with Crippen LogP contribution in [0.1, 0.15) is 5.56 Å². The van der Waals surface area contributed by atoms with E-state index in [9.17, 15) is 0 Å². The Hall–Kier alpha value is -2.46. The van der Waals surface area contributed by atoms with Crippen molar-refractivity contribution in [3.8, 4) is 11.5 Å². The fraction of sp³-hybridized carbons (Fsp3) is 0.167. The van der Waals surface area contributed by atoms with Crippen molar-refractivity contribution in [1.82, 2.24) is 4.98 Å². The molecule has 3 aromatic rings. The third-order valence-electron chi connectivity index (χ3n) is 3.78. The maximum Gasteiger partial charge on any atom is 0.163 e. The number of fused-ring (bicyclic) bond motifs is 2. The highest BCUT2D eigenvalue weighted by Gasteiger charge is 2.12. The van der Waals surface area contributed by atoms with Crippen LogP contribution in [0.15, 0.2) is 48.5 Å². The van der Waals surface area contributed by atoms with Gasteiger partial charge < -0.3 is 14.8 Å². The smallest absolute Gasteiger partial charge is 0.163 e. The molecule has 116 valence electrons. The van der Waals surface area contributed by atoms with Gasteiger partial charge in [0, 0.05) is 29.2 Å². The highest BCUT2D eigenvalue weighted by Crippen LogP contribution is 2.33. The molecule has 0 fully saturated rings. The van der Waals surface area contributed by atoms with Gasteiger partial charge in [-0.15, -0.1) is 0 Å². The molecule has 0 amide bonds. The van der Waals surface area contributed by atoms with Crippen molar-refractivity contribution in [2.75, 3.05) is 18.5 Å². The molecule has 0 radical (unpaired) electrons.